The average Bonchev–Trinajstić information content (AvgIpc) is 2.52. The number of halogens is 2. The second kappa shape index (κ2) is 5.32. The number of benzene rings is 1. The van der Waals surface area contributed by atoms with Gasteiger partial charge >= 0.3 is 7.12 Å². The third kappa shape index (κ3) is 3.36. The molecule has 1 heterocycles. The van der Waals surface area contributed by atoms with Crippen molar-refractivity contribution in [2.75, 3.05) is 0 Å². The summed E-state index contributed by atoms with van der Waals surface area (Å²) in [4.78, 5) is 0. The van der Waals surface area contributed by atoms with Crippen molar-refractivity contribution in [1.29, 1.82) is 0 Å². The maximum atomic E-state index is 14.2. The summed E-state index contributed by atoms with van der Waals surface area (Å²) in [5.41, 5.74) is -0.799. The Morgan fingerprint density at radius 1 is 0.955 bits per heavy atom. The van der Waals surface area contributed by atoms with Crippen molar-refractivity contribution in [3.05, 3.63) is 23.8 Å². The first-order chi connectivity index (χ1) is 9.82. The lowest BCUT2D eigenvalue weighted by Crippen LogP contribution is -2.41. The molecule has 122 valence electrons. The molecule has 7 heteroatoms. The fourth-order valence-corrected chi connectivity index (χ4v) is 2.91. The second-order valence-corrected chi connectivity index (χ2v) is 12.0. The van der Waals surface area contributed by atoms with Gasteiger partial charge in [-0.15, -0.1) is 0 Å². The van der Waals surface area contributed by atoms with Crippen LogP contribution < -0.4 is 9.89 Å². The summed E-state index contributed by atoms with van der Waals surface area (Å²) >= 11 is 0. The zero-order valence-corrected chi connectivity index (χ0v) is 15.2. The highest BCUT2D eigenvalue weighted by Crippen LogP contribution is 2.37. The molecule has 1 aliphatic heterocycles. The van der Waals surface area contributed by atoms with Crippen LogP contribution in [-0.2, 0) is 9.31 Å². The Bertz CT molecular complexity index is 546. The van der Waals surface area contributed by atoms with Crippen LogP contribution in [0.15, 0.2) is 12.1 Å². The fraction of sp³-hybridized carbons (Fsp3) is 0.600. The van der Waals surface area contributed by atoms with Crippen LogP contribution in [0, 0.1) is 11.6 Å². The van der Waals surface area contributed by atoms with Gasteiger partial charge in [-0.2, -0.15) is 0 Å². The predicted molar refractivity (Wildman–Crippen MR) is 86.0 cm³/mol. The van der Waals surface area contributed by atoms with Crippen LogP contribution in [0.1, 0.15) is 27.7 Å². The van der Waals surface area contributed by atoms with Crippen molar-refractivity contribution in [3.63, 3.8) is 0 Å². The number of hydrogen-bond acceptors (Lipinski definition) is 3. The van der Waals surface area contributed by atoms with Crippen LogP contribution >= 0.6 is 0 Å². The van der Waals surface area contributed by atoms with Gasteiger partial charge in [-0.25, -0.2) is 8.78 Å². The molecule has 1 aromatic rings. The Morgan fingerprint density at radius 3 is 1.73 bits per heavy atom. The molecule has 2 rings (SSSR count). The van der Waals surface area contributed by atoms with Crippen molar-refractivity contribution in [3.8, 4) is 5.75 Å². The lowest BCUT2D eigenvalue weighted by Gasteiger charge is -2.32. The summed E-state index contributed by atoms with van der Waals surface area (Å²) in [5, 5.41) is 0. The van der Waals surface area contributed by atoms with E-state index in [9.17, 15) is 8.78 Å². The topological polar surface area (TPSA) is 27.7 Å². The average molecular weight is 328 g/mol. The summed E-state index contributed by atoms with van der Waals surface area (Å²) in [6, 6.07) is 2.45. The molecular weight excluding hydrogens is 305 g/mol. The molecule has 22 heavy (non-hydrogen) atoms. The molecule has 1 fully saturated rings. The van der Waals surface area contributed by atoms with Gasteiger partial charge < -0.3 is 13.7 Å². The Kier molecular flexibility index (Phi) is 4.21. The SMILES string of the molecule is CC1(C)OB(c2cc(F)c(O[Si](C)(C)C)c(F)c2)OC1(C)C. The van der Waals surface area contributed by atoms with Crippen molar-refractivity contribution < 1.29 is 22.5 Å². The standard InChI is InChI=1S/C15H23BF2O3Si/c1-14(2)15(3,4)21-16(20-14)10-8-11(17)13(12(18)9-10)19-22(5,6)7/h8-9H,1-7H3. The summed E-state index contributed by atoms with van der Waals surface area (Å²) in [5.74, 6) is -1.78. The Morgan fingerprint density at radius 2 is 1.36 bits per heavy atom. The van der Waals surface area contributed by atoms with E-state index in [0.717, 1.165) is 0 Å². The molecular formula is C15H23BF2O3Si. The lowest BCUT2D eigenvalue weighted by molar-refractivity contribution is 0.00578. The molecule has 0 radical (unpaired) electrons. The number of rotatable bonds is 3. The molecule has 0 saturated carbocycles. The van der Waals surface area contributed by atoms with E-state index >= 15 is 0 Å². The quantitative estimate of drug-likeness (QED) is 0.795. The minimum atomic E-state index is -2.10. The van der Waals surface area contributed by atoms with Crippen molar-refractivity contribution >= 4 is 20.9 Å². The summed E-state index contributed by atoms with van der Waals surface area (Å²) < 4.78 is 45.5. The highest BCUT2D eigenvalue weighted by molar-refractivity contribution is 6.70. The maximum Gasteiger partial charge on any atom is 0.495 e. The van der Waals surface area contributed by atoms with E-state index in [-0.39, 0.29) is 5.75 Å². The normalized spacial score (nSPS) is 20.3. The van der Waals surface area contributed by atoms with Gasteiger partial charge in [0.05, 0.1) is 11.2 Å². The molecule has 1 saturated heterocycles. The van der Waals surface area contributed by atoms with E-state index in [1.807, 2.05) is 47.3 Å². The van der Waals surface area contributed by atoms with Gasteiger partial charge in [-0.3, -0.25) is 0 Å². The first kappa shape index (κ1) is 17.4. The maximum absolute atomic E-state index is 14.2. The van der Waals surface area contributed by atoms with Crippen LogP contribution in [0.3, 0.4) is 0 Å². The van der Waals surface area contributed by atoms with Gasteiger partial charge in [0.2, 0.25) is 8.32 Å². The molecule has 0 spiro atoms. The molecule has 0 bridgehead atoms. The third-order valence-corrected chi connectivity index (χ3v) is 4.77. The van der Waals surface area contributed by atoms with Crippen LogP contribution in [0.4, 0.5) is 8.78 Å². The van der Waals surface area contributed by atoms with Gasteiger partial charge in [-0.05, 0) is 64.9 Å². The minimum Gasteiger partial charge on any atom is -0.540 e. The Labute approximate surface area is 132 Å². The lowest BCUT2D eigenvalue weighted by atomic mass is 9.79. The van der Waals surface area contributed by atoms with Gasteiger partial charge in [-0.1, -0.05) is 0 Å². The molecule has 0 unspecified atom stereocenters. The molecule has 1 aliphatic rings. The Balaban J connectivity index is 2.32. The molecule has 0 atom stereocenters. The van der Waals surface area contributed by atoms with E-state index in [1.54, 1.807) is 0 Å². The largest absolute Gasteiger partial charge is 0.540 e. The van der Waals surface area contributed by atoms with E-state index in [2.05, 4.69) is 0 Å². The highest BCUT2D eigenvalue weighted by Gasteiger charge is 2.52. The monoisotopic (exact) mass is 328 g/mol. The van der Waals surface area contributed by atoms with Crippen LogP contribution in [0.5, 0.6) is 5.75 Å². The van der Waals surface area contributed by atoms with Crippen molar-refractivity contribution in [2.45, 2.75) is 58.5 Å². The van der Waals surface area contributed by atoms with Crippen LogP contribution in [0.25, 0.3) is 0 Å². The predicted octanol–water partition coefficient (Wildman–Crippen LogP) is 3.48. The summed E-state index contributed by atoms with van der Waals surface area (Å²) in [7, 11) is -2.89. The van der Waals surface area contributed by atoms with E-state index in [1.165, 1.54) is 12.1 Å². The first-order valence-electron chi connectivity index (χ1n) is 7.36. The van der Waals surface area contributed by atoms with Gasteiger partial charge in [0.15, 0.2) is 17.4 Å². The highest BCUT2D eigenvalue weighted by atomic mass is 28.4. The molecule has 0 aromatic heterocycles. The molecule has 0 amide bonds. The van der Waals surface area contributed by atoms with Crippen LogP contribution in [-0.4, -0.2) is 26.6 Å². The van der Waals surface area contributed by atoms with Crippen LogP contribution in [0.2, 0.25) is 19.6 Å². The fourth-order valence-electron chi connectivity index (χ4n) is 2.10. The minimum absolute atomic E-state index is 0.316. The van der Waals surface area contributed by atoms with Crippen molar-refractivity contribution in [1.82, 2.24) is 0 Å². The van der Waals surface area contributed by atoms with E-state index in [4.69, 9.17) is 13.7 Å². The molecule has 3 nitrogen and oxygen atoms in total. The van der Waals surface area contributed by atoms with Gasteiger partial charge in [0, 0.05) is 0 Å². The zero-order chi connectivity index (χ0) is 16.9. The van der Waals surface area contributed by atoms with Gasteiger partial charge in [0.1, 0.15) is 0 Å². The van der Waals surface area contributed by atoms with E-state index in [0.29, 0.717) is 5.46 Å². The third-order valence-electron chi connectivity index (χ3n) is 3.95. The smallest absolute Gasteiger partial charge is 0.495 e. The molecule has 1 aromatic carbocycles. The number of hydrogen-bond donors (Lipinski definition) is 0. The van der Waals surface area contributed by atoms with Crippen molar-refractivity contribution in [2.24, 2.45) is 0 Å². The molecule has 0 aliphatic carbocycles. The first-order valence-corrected chi connectivity index (χ1v) is 10.8. The van der Waals surface area contributed by atoms with E-state index < -0.39 is 38.3 Å². The second-order valence-electron chi connectivity index (χ2n) is 7.62. The van der Waals surface area contributed by atoms with Gasteiger partial charge in [0.25, 0.3) is 0 Å². The summed E-state index contributed by atoms with van der Waals surface area (Å²) in [6.07, 6.45) is 0. The molecule has 0 N–H and O–H groups in total. The Hall–Kier alpha value is -0.918. The summed E-state index contributed by atoms with van der Waals surface area (Å²) in [6.45, 7) is 13.2. The zero-order valence-electron chi connectivity index (χ0n) is 14.2.